The van der Waals surface area contributed by atoms with Gasteiger partial charge in [0.05, 0.1) is 0 Å². The number of fused-ring (bicyclic) bond motifs is 3. The molecule has 4 rings (SSSR count). The van der Waals surface area contributed by atoms with E-state index in [2.05, 4.69) is 5.32 Å². The number of halogens is 1. The lowest BCUT2D eigenvalue weighted by atomic mass is 9.98. The Balaban J connectivity index is 1.38. The number of amides is 1. The summed E-state index contributed by atoms with van der Waals surface area (Å²) >= 11 is 0. The minimum Gasteiger partial charge on any atom is -0.488 e. The number of benzene rings is 3. The van der Waals surface area contributed by atoms with Crippen LogP contribution in [0.25, 0.3) is 11.1 Å². The summed E-state index contributed by atoms with van der Waals surface area (Å²) in [5.74, 6) is 0.553. The van der Waals surface area contributed by atoms with Crippen molar-refractivity contribution in [3.05, 3.63) is 89.5 Å². The summed E-state index contributed by atoms with van der Waals surface area (Å²) in [6.45, 7) is 5.91. The highest BCUT2D eigenvalue weighted by atomic mass is 19.1. The molecule has 5 nitrogen and oxygen atoms in total. The number of ether oxygens (including phenoxy) is 2. The molecule has 1 aliphatic carbocycles. The van der Waals surface area contributed by atoms with E-state index in [4.69, 9.17) is 9.47 Å². The fourth-order valence-corrected chi connectivity index (χ4v) is 4.25. The maximum absolute atomic E-state index is 13.7. The predicted molar refractivity (Wildman–Crippen MR) is 129 cm³/mol. The number of alkyl carbamates (subject to hydrolysis) is 1. The summed E-state index contributed by atoms with van der Waals surface area (Å²) in [6.07, 6.45) is -0.819. The van der Waals surface area contributed by atoms with Crippen LogP contribution >= 0.6 is 0 Å². The molecule has 3 aromatic carbocycles. The van der Waals surface area contributed by atoms with Crippen molar-refractivity contribution < 1.29 is 23.5 Å². The Labute approximate surface area is 198 Å². The molecule has 34 heavy (non-hydrogen) atoms. The summed E-state index contributed by atoms with van der Waals surface area (Å²) in [5.41, 5.74) is 4.73. The van der Waals surface area contributed by atoms with E-state index < -0.39 is 18.2 Å². The van der Waals surface area contributed by atoms with Crippen molar-refractivity contribution >= 4 is 12.1 Å². The highest BCUT2D eigenvalue weighted by Gasteiger charge is 2.30. The van der Waals surface area contributed by atoms with E-state index in [-0.39, 0.29) is 24.5 Å². The summed E-state index contributed by atoms with van der Waals surface area (Å²) in [7, 11) is 0. The molecule has 0 saturated carbocycles. The molecule has 0 aromatic heterocycles. The Bertz CT molecular complexity index is 1140. The zero-order valence-electron chi connectivity index (χ0n) is 19.5. The van der Waals surface area contributed by atoms with Crippen LogP contribution in [0, 0.1) is 0 Å². The van der Waals surface area contributed by atoms with E-state index in [9.17, 15) is 14.0 Å². The molecule has 0 unspecified atom stereocenters. The number of carbonyl (C=O) groups is 2. The topological polar surface area (TPSA) is 64.6 Å². The maximum Gasteiger partial charge on any atom is 0.407 e. The molecular formula is C28H28FNO4. The Morgan fingerprint density at radius 2 is 1.47 bits per heavy atom. The zero-order valence-corrected chi connectivity index (χ0v) is 19.5. The molecule has 6 heteroatoms. The molecule has 1 amide bonds. The van der Waals surface area contributed by atoms with Crippen LogP contribution in [0.2, 0.25) is 0 Å². The van der Waals surface area contributed by atoms with Gasteiger partial charge in [-0.2, -0.15) is 4.39 Å². The minimum atomic E-state index is -1.62. The first-order valence-corrected chi connectivity index (χ1v) is 11.3. The van der Waals surface area contributed by atoms with Gasteiger partial charge in [0.2, 0.25) is 0 Å². The van der Waals surface area contributed by atoms with Crippen LogP contribution in [-0.4, -0.2) is 30.4 Å². The van der Waals surface area contributed by atoms with Crippen LogP contribution in [0.3, 0.4) is 0 Å². The lowest BCUT2D eigenvalue weighted by Gasteiger charge is -2.21. The minimum absolute atomic E-state index is 0.00925. The van der Waals surface area contributed by atoms with E-state index >= 15 is 0 Å². The van der Waals surface area contributed by atoms with Crippen LogP contribution in [-0.2, 0) is 16.0 Å². The average molecular weight is 462 g/mol. The first-order valence-electron chi connectivity index (χ1n) is 11.3. The van der Waals surface area contributed by atoms with Crippen molar-refractivity contribution in [2.75, 3.05) is 6.61 Å². The zero-order chi connectivity index (χ0) is 24.3. The molecule has 1 atom stereocenters. The molecule has 1 aliphatic rings. The predicted octanol–water partition coefficient (Wildman–Crippen LogP) is 5.81. The largest absolute Gasteiger partial charge is 0.488 e. The highest BCUT2D eigenvalue weighted by Crippen LogP contribution is 2.44. The van der Waals surface area contributed by atoms with Gasteiger partial charge in [0, 0.05) is 12.3 Å². The number of nitrogens with one attached hydrogen (secondary N) is 1. The first-order chi connectivity index (χ1) is 16.2. The van der Waals surface area contributed by atoms with Gasteiger partial charge >= 0.3 is 12.1 Å². The third-order valence-electron chi connectivity index (χ3n) is 5.70. The average Bonchev–Trinajstić information content (AvgIpc) is 3.11. The quantitative estimate of drug-likeness (QED) is 0.451. The molecule has 0 radical (unpaired) electrons. The van der Waals surface area contributed by atoms with Crippen molar-refractivity contribution in [2.45, 2.75) is 44.8 Å². The summed E-state index contributed by atoms with van der Waals surface area (Å²) in [5, 5.41) is 2.37. The Morgan fingerprint density at radius 3 is 2.00 bits per heavy atom. The fraction of sp³-hybridized carbons (Fsp3) is 0.286. The summed E-state index contributed by atoms with van der Waals surface area (Å²) in [6, 6.07) is 20.0. The first kappa shape index (κ1) is 23.5. The molecule has 0 aliphatic heterocycles. The lowest BCUT2D eigenvalue weighted by Crippen LogP contribution is -2.41. The van der Waals surface area contributed by atoms with Crippen LogP contribution in [0.5, 0.6) is 5.75 Å². The van der Waals surface area contributed by atoms with E-state index in [1.165, 1.54) is 0 Å². The van der Waals surface area contributed by atoms with Crippen LogP contribution < -0.4 is 10.1 Å². The normalized spacial score (nSPS) is 13.5. The van der Waals surface area contributed by atoms with Crippen molar-refractivity contribution in [2.24, 2.45) is 0 Å². The Hall–Kier alpha value is -3.67. The Morgan fingerprint density at radius 1 is 0.912 bits per heavy atom. The summed E-state index contributed by atoms with van der Waals surface area (Å²) < 4.78 is 24.9. The molecule has 0 saturated heterocycles. The molecule has 3 aromatic rings. The highest BCUT2D eigenvalue weighted by molar-refractivity contribution is 5.81. The second-order valence-corrected chi connectivity index (χ2v) is 9.39. The van der Waals surface area contributed by atoms with Gasteiger partial charge in [0.1, 0.15) is 24.0 Å². The molecule has 1 N–H and O–H groups in total. The number of rotatable bonds is 7. The third kappa shape index (κ3) is 5.45. The smallest absolute Gasteiger partial charge is 0.407 e. The van der Waals surface area contributed by atoms with E-state index in [1.807, 2.05) is 69.3 Å². The van der Waals surface area contributed by atoms with Gasteiger partial charge in [-0.15, -0.1) is 0 Å². The van der Waals surface area contributed by atoms with Crippen molar-refractivity contribution in [1.29, 1.82) is 0 Å². The fourth-order valence-electron chi connectivity index (χ4n) is 4.25. The van der Waals surface area contributed by atoms with Gasteiger partial charge in [-0.1, -0.05) is 60.7 Å². The van der Waals surface area contributed by atoms with E-state index in [0.717, 1.165) is 22.3 Å². The second-order valence-electron chi connectivity index (χ2n) is 9.39. The third-order valence-corrected chi connectivity index (χ3v) is 5.70. The van der Waals surface area contributed by atoms with E-state index in [1.54, 1.807) is 24.3 Å². The standard InChI is InChI=1S/C28H28FNO4/c1-28(2,3)34-19-14-12-18(13-15-19)16-25(26(29)31)30-27(32)33-17-24-22-10-6-4-8-20(22)21-9-5-7-11-23(21)24/h4-15,24-25H,16-17H2,1-3H3,(H,30,32)/t25-/m0/s1. The molecule has 0 bridgehead atoms. The van der Waals surface area contributed by atoms with Gasteiger partial charge in [0.25, 0.3) is 0 Å². The summed E-state index contributed by atoms with van der Waals surface area (Å²) in [4.78, 5) is 24.0. The Kier molecular flexibility index (Phi) is 6.68. The molecule has 0 heterocycles. The van der Waals surface area contributed by atoms with Crippen molar-refractivity contribution in [3.8, 4) is 16.9 Å². The number of hydrogen-bond donors (Lipinski definition) is 1. The van der Waals surface area contributed by atoms with Gasteiger partial charge < -0.3 is 14.8 Å². The van der Waals surface area contributed by atoms with Crippen molar-refractivity contribution in [3.63, 3.8) is 0 Å². The molecular weight excluding hydrogens is 433 g/mol. The maximum atomic E-state index is 13.7. The lowest BCUT2D eigenvalue weighted by molar-refractivity contribution is -0.131. The van der Waals surface area contributed by atoms with Gasteiger partial charge in [-0.25, -0.2) is 4.79 Å². The number of hydrogen-bond acceptors (Lipinski definition) is 4. The van der Waals surface area contributed by atoms with Gasteiger partial charge in [0.15, 0.2) is 0 Å². The van der Waals surface area contributed by atoms with Gasteiger partial charge in [-0.05, 0) is 60.7 Å². The second kappa shape index (κ2) is 9.67. The molecule has 0 spiro atoms. The monoisotopic (exact) mass is 461 g/mol. The number of carbonyl (C=O) groups excluding carboxylic acids is 2. The molecule has 0 fully saturated rings. The van der Waals surface area contributed by atoms with Crippen LogP contribution in [0.15, 0.2) is 72.8 Å². The van der Waals surface area contributed by atoms with Gasteiger partial charge in [-0.3, -0.25) is 4.79 Å². The van der Waals surface area contributed by atoms with E-state index in [0.29, 0.717) is 11.3 Å². The molecule has 176 valence electrons. The van der Waals surface area contributed by atoms with Crippen molar-refractivity contribution in [1.82, 2.24) is 5.32 Å². The van der Waals surface area contributed by atoms with Crippen LogP contribution in [0.4, 0.5) is 9.18 Å². The SMILES string of the molecule is CC(C)(C)Oc1ccc(C[C@H](NC(=O)OCC2c3ccccc3-c3ccccc32)C(=O)F)cc1. The van der Waals surface area contributed by atoms with Crippen LogP contribution in [0.1, 0.15) is 43.4 Å².